The second-order valence-electron chi connectivity index (χ2n) is 0.283. The normalized spacial score (nSPS) is 4.00. The first-order valence-electron chi connectivity index (χ1n) is 0.651. The summed E-state index contributed by atoms with van der Waals surface area (Å²) in [5.41, 5.74) is 0. The molecule has 0 aromatic rings. The molecule has 0 bridgehead atoms. The van der Waals surface area contributed by atoms with Crippen molar-refractivity contribution in [3.63, 3.8) is 0 Å². The van der Waals surface area contributed by atoms with Gasteiger partial charge >= 0.3 is 9.17 Å². The van der Waals surface area contributed by atoms with Gasteiger partial charge in [0, 0.05) is 55.1 Å². The molecule has 32 valence electrons. The van der Waals surface area contributed by atoms with E-state index in [2.05, 4.69) is 0 Å². The van der Waals surface area contributed by atoms with Gasteiger partial charge in [-0.1, -0.05) is 0 Å². The van der Waals surface area contributed by atoms with E-state index in [1.54, 1.807) is 0 Å². The molecular formula is H2O3SiTaY. The van der Waals surface area contributed by atoms with E-state index in [9.17, 15) is 0 Å². The van der Waals surface area contributed by atoms with Crippen LogP contribution in [-0.4, -0.2) is 18.8 Å². The molecule has 0 heterocycles. The fourth-order valence-corrected chi connectivity index (χ4v) is 0. The molecule has 0 aromatic heterocycles. The van der Waals surface area contributed by atoms with E-state index < -0.39 is 9.17 Å². The minimum atomic E-state index is -3.13. The van der Waals surface area contributed by atoms with Gasteiger partial charge in [0.15, 0.2) is 0 Å². The molecule has 0 aliphatic heterocycles. The van der Waals surface area contributed by atoms with Crippen LogP contribution in [0.15, 0.2) is 0 Å². The van der Waals surface area contributed by atoms with Gasteiger partial charge in [-0.05, 0) is 0 Å². The van der Waals surface area contributed by atoms with E-state index >= 15 is 0 Å². The molecule has 0 saturated carbocycles. The van der Waals surface area contributed by atoms with E-state index in [0.29, 0.717) is 0 Å². The van der Waals surface area contributed by atoms with Gasteiger partial charge in [-0.2, -0.15) is 0 Å². The van der Waals surface area contributed by atoms with Gasteiger partial charge in [-0.15, -0.1) is 0 Å². The quantitative estimate of drug-likeness (QED) is 0.518. The van der Waals surface area contributed by atoms with Crippen molar-refractivity contribution in [2.24, 2.45) is 0 Å². The van der Waals surface area contributed by atoms with Crippen molar-refractivity contribution in [2.45, 2.75) is 0 Å². The van der Waals surface area contributed by atoms with Crippen LogP contribution in [0.5, 0.6) is 0 Å². The van der Waals surface area contributed by atoms with Crippen LogP contribution in [-0.2, 0) is 59.6 Å². The molecule has 0 spiro atoms. The Morgan fingerprint density at radius 3 is 1.33 bits per heavy atom. The van der Waals surface area contributed by atoms with Crippen LogP contribution in [0.4, 0.5) is 0 Å². The summed E-state index contributed by atoms with van der Waals surface area (Å²) in [5, 5.41) is 0. The third-order valence-electron chi connectivity index (χ3n) is 0. The SMILES string of the molecule is O=[Si](O)O.[Ta].[Y]. The van der Waals surface area contributed by atoms with Crippen LogP contribution >= 0.6 is 0 Å². The van der Waals surface area contributed by atoms with E-state index in [1.807, 2.05) is 0 Å². The molecule has 0 aliphatic rings. The molecule has 0 saturated heterocycles. The van der Waals surface area contributed by atoms with E-state index in [4.69, 9.17) is 14.1 Å². The molecule has 2 N–H and O–H groups in total. The van der Waals surface area contributed by atoms with Gasteiger partial charge in [0.05, 0.1) is 0 Å². The summed E-state index contributed by atoms with van der Waals surface area (Å²) in [5.74, 6) is 0. The summed E-state index contributed by atoms with van der Waals surface area (Å²) < 4.78 is 8.74. The maximum Gasteiger partial charge on any atom is 0.761 e. The molecule has 6 heteroatoms. The summed E-state index contributed by atoms with van der Waals surface area (Å²) >= 11 is 0. The zero-order valence-electron chi connectivity index (χ0n) is 2.83. The first kappa shape index (κ1) is 15.7. The van der Waals surface area contributed by atoms with Crippen molar-refractivity contribution in [2.75, 3.05) is 0 Å². The van der Waals surface area contributed by atoms with Crippen LogP contribution in [0, 0.1) is 0 Å². The predicted octanol–water partition coefficient (Wildman–Crippen LogP) is -1.62. The molecule has 0 rings (SSSR count). The molecule has 0 unspecified atom stereocenters. The Morgan fingerprint density at radius 2 is 1.33 bits per heavy atom. The zero-order chi connectivity index (χ0) is 3.58. The van der Waals surface area contributed by atoms with E-state index in [-0.39, 0.29) is 55.1 Å². The summed E-state index contributed by atoms with van der Waals surface area (Å²) in [6.45, 7) is 0. The third-order valence-corrected chi connectivity index (χ3v) is 0. The summed E-state index contributed by atoms with van der Waals surface area (Å²) in [6, 6.07) is 0. The predicted molar refractivity (Wildman–Crippen MR) is 10.9 cm³/mol. The van der Waals surface area contributed by atoms with Crippen molar-refractivity contribution in [3.8, 4) is 0 Å². The van der Waals surface area contributed by atoms with Crippen LogP contribution in [0.2, 0.25) is 0 Å². The Balaban J connectivity index is -0.0000000450. The Labute approximate surface area is 77.4 Å². The van der Waals surface area contributed by atoms with Gasteiger partial charge in [0.2, 0.25) is 0 Å². The molecule has 0 aromatic carbocycles. The first-order chi connectivity index (χ1) is 1.73. The van der Waals surface area contributed by atoms with Crippen LogP contribution < -0.4 is 0 Å². The third kappa shape index (κ3) is 50.9. The fourth-order valence-electron chi connectivity index (χ4n) is 0. The van der Waals surface area contributed by atoms with Crippen molar-refractivity contribution >= 4 is 9.17 Å². The van der Waals surface area contributed by atoms with Crippen LogP contribution in [0.1, 0.15) is 0 Å². The van der Waals surface area contributed by atoms with Crippen LogP contribution in [0.25, 0.3) is 0 Å². The Kier molecular flexibility index (Phi) is 25.3. The standard InChI is InChI=1S/H2O3Si.Ta.Y/c1-4(2)3;;/h1-2H;;. The second-order valence-corrected chi connectivity index (χ2v) is 0.848. The number of hydrogen-bond acceptors (Lipinski definition) is 1. The first-order valence-corrected chi connectivity index (χ1v) is 1.95. The summed E-state index contributed by atoms with van der Waals surface area (Å²) in [4.78, 5) is 14.3. The molecule has 0 amide bonds. The van der Waals surface area contributed by atoms with E-state index in [0.717, 1.165) is 0 Å². The van der Waals surface area contributed by atoms with Gasteiger partial charge in [0.25, 0.3) is 0 Å². The van der Waals surface area contributed by atoms with Crippen LogP contribution in [0.3, 0.4) is 0 Å². The minimum absolute atomic E-state index is 0. The largest absolute Gasteiger partial charge is 0.761 e. The molecule has 0 atom stereocenters. The van der Waals surface area contributed by atoms with Gasteiger partial charge in [-0.25, -0.2) is 0 Å². The van der Waals surface area contributed by atoms with Crippen molar-refractivity contribution in [1.29, 1.82) is 0 Å². The Hall–Kier alpha value is 1.46. The number of hydrogen-bond donors (Lipinski definition) is 2. The molecular weight excluding hydrogens is 346 g/mol. The van der Waals surface area contributed by atoms with Gasteiger partial charge < -0.3 is 9.59 Å². The summed E-state index contributed by atoms with van der Waals surface area (Å²) in [6.07, 6.45) is 0. The molecule has 3 nitrogen and oxygen atoms in total. The topological polar surface area (TPSA) is 57.5 Å². The second kappa shape index (κ2) is 9.68. The van der Waals surface area contributed by atoms with Crippen molar-refractivity contribution in [1.82, 2.24) is 0 Å². The van der Waals surface area contributed by atoms with E-state index in [1.165, 1.54) is 0 Å². The van der Waals surface area contributed by atoms with Crippen molar-refractivity contribution < 1.29 is 69.1 Å². The molecule has 0 aliphatic carbocycles. The van der Waals surface area contributed by atoms with Crippen molar-refractivity contribution in [3.05, 3.63) is 0 Å². The summed E-state index contributed by atoms with van der Waals surface area (Å²) in [7, 11) is -3.13. The average molecular weight is 348 g/mol. The molecule has 2 radical (unpaired) electrons. The van der Waals surface area contributed by atoms with Gasteiger partial charge in [-0.3, -0.25) is 4.46 Å². The maximum absolute atomic E-state index is 8.74. The molecule has 0 fully saturated rings. The Bertz CT molecular complexity index is 33.8. The Morgan fingerprint density at radius 1 is 1.33 bits per heavy atom. The number of rotatable bonds is 0. The fraction of sp³-hybridized carbons (Fsp3) is 0. The maximum atomic E-state index is 8.74. The minimum Gasteiger partial charge on any atom is -0.511 e. The van der Waals surface area contributed by atoms with Gasteiger partial charge in [0.1, 0.15) is 0 Å². The smallest absolute Gasteiger partial charge is 0.511 e. The monoisotopic (exact) mass is 348 g/mol. The molecule has 6 heavy (non-hydrogen) atoms. The average Bonchev–Trinajstić information content (AvgIpc) is 0.811. The zero-order valence-corrected chi connectivity index (χ0v) is 9.88.